The summed E-state index contributed by atoms with van der Waals surface area (Å²) < 4.78 is 5.50. The average Bonchev–Trinajstić information content (AvgIpc) is 2.78. The lowest BCUT2D eigenvalue weighted by Crippen LogP contribution is -2.41. The number of Topliss-reactive ketones (excluding diaryl/α,β-unsaturated/α-hetero) is 1. The Balaban J connectivity index is 2.17. The van der Waals surface area contributed by atoms with Crippen molar-refractivity contribution in [2.45, 2.75) is 31.3 Å². The van der Waals surface area contributed by atoms with Crippen LogP contribution >= 0.6 is 0 Å². The Morgan fingerprint density at radius 3 is 2.00 bits per heavy atom. The number of carbonyl (C=O) groups is 2. The van der Waals surface area contributed by atoms with Crippen molar-refractivity contribution < 1.29 is 14.3 Å². The van der Waals surface area contributed by atoms with Gasteiger partial charge in [-0.15, -0.1) is 0 Å². The van der Waals surface area contributed by atoms with E-state index < -0.39 is 17.0 Å². The summed E-state index contributed by atoms with van der Waals surface area (Å²) in [7, 11) is 0. The molecule has 0 aromatic heterocycles. The number of ether oxygens (including phenoxy) is 1. The molecular weight excluding hydrogens is 276 g/mol. The lowest BCUT2D eigenvalue weighted by molar-refractivity contribution is -0.148. The molecule has 3 rings (SSSR count). The van der Waals surface area contributed by atoms with Gasteiger partial charge in [-0.3, -0.25) is 9.59 Å². The Morgan fingerprint density at radius 2 is 1.50 bits per heavy atom. The van der Waals surface area contributed by atoms with Crippen LogP contribution in [0.5, 0.6) is 0 Å². The van der Waals surface area contributed by atoms with Gasteiger partial charge in [0.15, 0.2) is 11.2 Å². The standard InChI is InChI=1S/C19H18O3/c1-18(2)13-19(17(21)22-18,15-11-7-4-8-12-15)16(20)14-9-5-3-6-10-14/h3-12H,13H2,1-2H3/t19-/m0/s1. The molecule has 1 aliphatic heterocycles. The molecule has 3 nitrogen and oxygen atoms in total. The lowest BCUT2D eigenvalue weighted by atomic mass is 9.70. The Kier molecular flexibility index (Phi) is 3.36. The second-order valence-corrected chi connectivity index (χ2v) is 6.29. The Hall–Kier alpha value is -2.42. The second kappa shape index (κ2) is 5.09. The van der Waals surface area contributed by atoms with Crippen LogP contribution in [0.25, 0.3) is 0 Å². The fourth-order valence-electron chi connectivity index (χ4n) is 3.17. The van der Waals surface area contributed by atoms with E-state index in [4.69, 9.17) is 4.74 Å². The van der Waals surface area contributed by atoms with Crippen molar-refractivity contribution in [3.05, 3.63) is 71.8 Å². The zero-order valence-electron chi connectivity index (χ0n) is 12.7. The first-order valence-corrected chi connectivity index (χ1v) is 7.34. The van der Waals surface area contributed by atoms with Gasteiger partial charge in [-0.2, -0.15) is 0 Å². The predicted octanol–water partition coefficient (Wildman–Crippen LogP) is 3.53. The van der Waals surface area contributed by atoms with Crippen LogP contribution in [0, 0.1) is 0 Å². The van der Waals surface area contributed by atoms with Gasteiger partial charge >= 0.3 is 5.97 Å². The zero-order chi connectivity index (χ0) is 15.8. The first-order chi connectivity index (χ1) is 10.5. The third-order valence-electron chi connectivity index (χ3n) is 4.10. The maximum atomic E-state index is 13.2. The molecule has 0 unspecified atom stereocenters. The minimum atomic E-state index is -1.26. The molecule has 0 N–H and O–H groups in total. The fourth-order valence-corrected chi connectivity index (χ4v) is 3.17. The number of carbonyl (C=O) groups excluding carboxylic acids is 2. The Morgan fingerprint density at radius 1 is 0.955 bits per heavy atom. The summed E-state index contributed by atoms with van der Waals surface area (Å²) in [5.41, 5.74) is -0.691. The van der Waals surface area contributed by atoms with Gasteiger partial charge in [-0.1, -0.05) is 60.7 Å². The quantitative estimate of drug-likeness (QED) is 0.494. The summed E-state index contributed by atoms with van der Waals surface area (Å²) in [6.07, 6.45) is 0.344. The molecule has 1 heterocycles. The van der Waals surface area contributed by atoms with E-state index in [1.165, 1.54) is 0 Å². The van der Waals surface area contributed by atoms with Crippen LogP contribution < -0.4 is 0 Å². The van der Waals surface area contributed by atoms with Crippen molar-refractivity contribution in [1.29, 1.82) is 0 Å². The van der Waals surface area contributed by atoms with E-state index in [1.807, 2.05) is 50.2 Å². The fraction of sp³-hybridized carbons (Fsp3) is 0.263. The van der Waals surface area contributed by atoms with Gasteiger partial charge in [0.2, 0.25) is 0 Å². The molecule has 0 bridgehead atoms. The highest BCUT2D eigenvalue weighted by molar-refractivity contribution is 6.18. The van der Waals surface area contributed by atoms with Crippen molar-refractivity contribution in [1.82, 2.24) is 0 Å². The normalized spacial score (nSPS) is 23.1. The summed E-state index contributed by atoms with van der Waals surface area (Å²) in [5.74, 6) is -0.660. The second-order valence-electron chi connectivity index (χ2n) is 6.29. The molecule has 1 atom stereocenters. The molecule has 112 valence electrons. The molecule has 2 aromatic rings. The summed E-state index contributed by atoms with van der Waals surface area (Å²) in [6.45, 7) is 3.68. The number of cyclic esters (lactones) is 1. The third kappa shape index (κ3) is 2.23. The van der Waals surface area contributed by atoms with Crippen LogP contribution in [0.3, 0.4) is 0 Å². The van der Waals surface area contributed by atoms with Crippen LogP contribution in [-0.2, 0) is 14.9 Å². The van der Waals surface area contributed by atoms with Crippen molar-refractivity contribution >= 4 is 11.8 Å². The predicted molar refractivity (Wildman–Crippen MR) is 83.7 cm³/mol. The largest absolute Gasteiger partial charge is 0.459 e. The molecule has 0 aliphatic carbocycles. The smallest absolute Gasteiger partial charge is 0.325 e. The molecule has 3 heteroatoms. The van der Waals surface area contributed by atoms with Crippen molar-refractivity contribution in [2.24, 2.45) is 0 Å². The lowest BCUT2D eigenvalue weighted by Gasteiger charge is -2.25. The van der Waals surface area contributed by atoms with E-state index in [0.29, 0.717) is 17.5 Å². The molecule has 0 amide bonds. The summed E-state index contributed by atoms with van der Waals surface area (Å²) in [4.78, 5) is 25.9. The number of hydrogen-bond donors (Lipinski definition) is 0. The molecule has 1 fully saturated rings. The molecule has 0 spiro atoms. The molecule has 0 radical (unpaired) electrons. The van der Waals surface area contributed by atoms with Crippen molar-refractivity contribution in [3.63, 3.8) is 0 Å². The Bertz CT molecular complexity index is 704. The molecule has 0 saturated carbocycles. The maximum Gasteiger partial charge on any atom is 0.325 e. The van der Waals surface area contributed by atoms with Crippen LogP contribution in [0.1, 0.15) is 36.2 Å². The third-order valence-corrected chi connectivity index (χ3v) is 4.10. The topological polar surface area (TPSA) is 43.4 Å². The van der Waals surface area contributed by atoms with Gasteiger partial charge in [-0.05, 0) is 19.4 Å². The molecule has 1 aliphatic rings. The first-order valence-electron chi connectivity index (χ1n) is 7.34. The van der Waals surface area contributed by atoms with Gasteiger partial charge < -0.3 is 4.74 Å². The van der Waals surface area contributed by atoms with Gasteiger partial charge in [-0.25, -0.2) is 0 Å². The van der Waals surface area contributed by atoms with E-state index in [0.717, 1.165) is 0 Å². The molecule has 1 saturated heterocycles. The average molecular weight is 294 g/mol. The minimum absolute atomic E-state index is 0.199. The van der Waals surface area contributed by atoms with Crippen molar-refractivity contribution in [3.8, 4) is 0 Å². The van der Waals surface area contributed by atoms with Crippen LogP contribution in [0.15, 0.2) is 60.7 Å². The monoisotopic (exact) mass is 294 g/mol. The number of rotatable bonds is 3. The van der Waals surface area contributed by atoms with Gasteiger partial charge in [0, 0.05) is 12.0 Å². The van der Waals surface area contributed by atoms with E-state index >= 15 is 0 Å². The molecular formula is C19H18O3. The van der Waals surface area contributed by atoms with Gasteiger partial charge in [0.1, 0.15) is 5.60 Å². The van der Waals surface area contributed by atoms with Gasteiger partial charge in [0.05, 0.1) is 0 Å². The number of benzene rings is 2. The van der Waals surface area contributed by atoms with Crippen LogP contribution in [0.4, 0.5) is 0 Å². The number of esters is 1. The first kappa shape index (κ1) is 14.5. The minimum Gasteiger partial charge on any atom is -0.459 e. The molecule has 22 heavy (non-hydrogen) atoms. The SMILES string of the molecule is CC1(C)C[C@@](C(=O)c2ccccc2)(c2ccccc2)C(=O)O1. The van der Waals surface area contributed by atoms with Crippen molar-refractivity contribution in [2.75, 3.05) is 0 Å². The van der Waals surface area contributed by atoms with Gasteiger partial charge in [0.25, 0.3) is 0 Å². The Labute approximate surface area is 129 Å². The number of hydrogen-bond acceptors (Lipinski definition) is 3. The highest BCUT2D eigenvalue weighted by Crippen LogP contribution is 2.44. The maximum absolute atomic E-state index is 13.2. The van der Waals surface area contributed by atoms with E-state index in [-0.39, 0.29) is 5.78 Å². The zero-order valence-corrected chi connectivity index (χ0v) is 12.7. The van der Waals surface area contributed by atoms with E-state index in [9.17, 15) is 9.59 Å². The van der Waals surface area contributed by atoms with Crippen LogP contribution in [-0.4, -0.2) is 17.4 Å². The summed E-state index contributed by atoms with van der Waals surface area (Å²) >= 11 is 0. The summed E-state index contributed by atoms with van der Waals surface area (Å²) in [5, 5.41) is 0. The van der Waals surface area contributed by atoms with Crippen LogP contribution in [0.2, 0.25) is 0 Å². The van der Waals surface area contributed by atoms with E-state index in [2.05, 4.69) is 0 Å². The highest BCUT2D eigenvalue weighted by atomic mass is 16.6. The highest BCUT2D eigenvalue weighted by Gasteiger charge is 2.58. The molecule has 2 aromatic carbocycles. The number of ketones is 1. The summed E-state index contributed by atoms with van der Waals surface area (Å²) in [6, 6.07) is 18.1. The van der Waals surface area contributed by atoms with E-state index in [1.54, 1.807) is 24.3 Å².